The molecule has 0 aliphatic heterocycles. The lowest BCUT2D eigenvalue weighted by Gasteiger charge is -2.15. The molecule has 0 radical (unpaired) electrons. The number of amides is 2. The molecule has 1 unspecified atom stereocenters. The number of aryl methyl sites for hydroxylation is 1. The fourth-order valence-electron chi connectivity index (χ4n) is 3.19. The zero-order valence-electron chi connectivity index (χ0n) is 18.3. The summed E-state index contributed by atoms with van der Waals surface area (Å²) in [7, 11) is 0. The lowest BCUT2D eigenvalue weighted by atomic mass is 10.1. The van der Waals surface area contributed by atoms with Crippen LogP contribution >= 0.6 is 0 Å². The van der Waals surface area contributed by atoms with Crippen LogP contribution in [0.5, 0.6) is 0 Å². The molecule has 0 saturated heterocycles. The summed E-state index contributed by atoms with van der Waals surface area (Å²) in [5, 5.41) is 18.0. The Bertz CT molecular complexity index is 1240. The molecular weight excluding hydrogens is 418 g/mol. The number of pyridine rings is 1. The molecule has 2 amide bonds. The summed E-state index contributed by atoms with van der Waals surface area (Å²) < 4.78 is 0. The fraction of sp³-hybridized carbons (Fsp3) is 0.167. The van der Waals surface area contributed by atoms with Gasteiger partial charge in [-0.15, -0.1) is 10.2 Å². The molecule has 4 rings (SSSR count). The average molecular weight is 441 g/mol. The molecule has 2 aromatic heterocycles. The molecule has 0 fully saturated rings. The van der Waals surface area contributed by atoms with Gasteiger partial charge in [0, 0.05) is 29.2 Å². The summed E-state index contributed by atoms with van der Waals surface area (Å²) in [6, 6.07) is 18.2. The number of hydrogen-bond acceptors (Lipinski definition) is 6. The Morgan fingerprint density at radius 2 is 1.67 bits per heavy atom. The van der Waals surface area contributed by atoms with E-state index in [0.717, 1.165) is 16.7 Å². The van der Waals surface area contributed by atoms with Crippen LogP contribution in [-0.4, -0.2) is 37.0 Å². The Morgan fingerprint density at radius 1 is 0.970 bits per heavy atom. The quantitative estimate of drug-likeness (QED) is 0.455. The predicted octanol–water partition coefficient (Wildman–Crippen LogP) is 3.17. The van der Waals surface area contributed by atoms with Crippen LogP contribution in [0.1, 0.15) is 34.5 Å². The summed E-state index contributed by atoms with van der Waals surface area (Å²) in [4.78, 5) is 29.9. The summed E-state index contributed by atoms with van der Waals surface area (Å²) in [5.74, 6) is 0.0301. The maximum atomic E-state index is 12.5. The predicted molar refractivity (Wildman–Crippen MR) is 123 cm³/mol. The number of carbonyl (C=O) groups excluding carboxylic acids is 2. The Balaban J connectivity index is 1.31. The standard InChI is InChI=1S/C24H23N7O2/c1-16-3-5-19(6-4-16)23-28-30-31(29-23)15-22(32)26-17(2)18-7-9-21(10-8-18)27-24(33)20-11-13-25-14-12-20/h3-14,17H,15H2,1-2H3,(H,26,32)(H,27,33). The van der Waals surface area contributed by atoms with Gasteiger partial charge in [0.05, 0.1) is 6.04 Å². The SMILES string of the molecule is Cc1ccc(-c2nnn(CC(=O)NC(C)c3ccc(NC(=O)c4ccncc4)cc3)n2)cc1. The largest absolute Gasteiger partial charge is 0.348 e. The second kappa shape index (κ2) is 9.82. The molecule has 0 saturated carbocycles. The number of benzene rings is 2. The van der Waals surface area contributed by atoms with Gasteiger partial charge in [0.1, 0.15) is 6.54 Å². The normalized spacial score (nSPS) is 11.6. The molecule has 166 valence electrons. The second-order valence-electron chi connectivity index (χ2n) is 7.61. The van der Waals surface area contributed by atoms with E-state index in [-0.39, 0.29) is 24.4 Å². The summed E-state index contributed by atoms with van der Waals surface area (Å²) >= 11 is 0. The molecule has 0 aliphatic rings. The van der Waals surface area contributed by atoms with E-state index < -0.39 is 0 Å². The highest BCUT2D eigenvalue weighted by Crippen LogP contribution is 2.17. The van der Waals surface area contributed by atoms with Crippen molar-refractivity contribution in [1.82, 2.24) is 30.5 Å². The monoisotopic (exact) mass is 441 g/mol. The van der Waals surface area contributed by atoms with Gasteiger partial charge >= 0.3 is 0 Å². The number of anilines is 1. The smallest absolute Gasteiger partial charge is 0.255 e. The first kappa shape index (κ1) is 21.8. The van der Waals surface area contributed by atoms with Crippen LogP contribution < -0.4 is 10.6 Å². The van der Waals surface area contributed by atoms with Crippen LogP contribution in [-0.2, 0) is 11.3 Å². The third-order valence-electron chi connectivity index (χ3n) is 5.04. The van der Waals surface area contributed by atoms with Gasteiger partial charge < -0.3 is 10.6 Å². The Kier molecular flexibility index (Phi) is 6.49. The third-order valence-corrected chi connectivity index (χ3v) is 5.04. The topological polar surface area (TPSA) is 115 Å². The minimum absolute atomic E-state index is 0.0384. The van der Waals surface area contributed by atoms with Crippen LogP contribution in [0.2, 0.25) is 0 Å². The summed E-state index contributed by atoms with van der Waals surface area (Å²) in [5.41, 5.74) is 4.08. The van der Waals surface area contributed by atoms with E-state index >= 15 is 0 Å². The van der Waals surface area contributed by atoms with E-state index in [9.17, 15) is 9.59 Å². The van der Waals surface area contributed by atoms with E-state index in [1.165, 1.54) is 4.80 Å². The lowest BCUT2D eigenvalue weighted by molar-refractivity contribution is -0.122. The minimum Gasteiger partial charge on any atom is -0.348 e. The van der Waals surface area contributed by atoms with Gasteiger partial charge in [0.2, 0.25) is 11.7 Å². The number of rotatable bonds is 7. The fourth-order valence-corrected chi connectivity index (χ4v) is 3.19. The van der Waals surface area contributed by atoms with Gasteiger partial charge in [-0.05, 0) is 48.9 Å². The zero-order chi connectivity index (χ0) is 23.2. The Morgan fingerprint density at radius 3 is 2.36 bits per heavy atom. The number of tetrazole rings is 1. The average Bonchev–Trinajstić information content (AvgIpc) is 3.28. The van der Waals surface area contributed by atoms with Crippen molar-refractivity contribution in [3.05, 3.63) is 89.7 Å². The van der Waals surface area contributed by atoms with Crippen LogP contribution in [0, 0.1) is 6.92 Å². The first-order valence-electron chi connectivity index (χ1n) is 10.4. The van der Waals surface area contributed by atoms with Crippen molar-refractivity contribution < 1.29 is 9.59 Å². The second-order valence-corrected chi connectivity index (χ2v) is 7.61. The third kappa shape index (κ3) is 5.65. The molecule has 9 nitrogen and oxygen atoms in total. The van der Waals surface area contributed by atoms with Crippen molar-refractivity contribution in [2.75, 3.05) is 5.32 Å². The number of hydrogen-bond donors (Lipinski definition) is 2. The van der Waals surface area contributed by atoms with E-state index in [4.69, 9.17) is 0 Å². The molecule has 2 heterocycles. The van der Waals surface area contributed by atoms with Crippen LogP contribution in [0.4, 0.5) is 5.69 Å². The lowest BCUT2D eigenvalue weighted by Crippen LogP contribution is -2.30. The Labute approximate surface area is 190 Å². The Hall–Kier alpha value is -4.40. The molecule has 1 atom stereocenters. The molecule has 0 bridgehead atoms. The molecular formula is C24H23N7O2. The molecule has 9 heteroatoms. The molecule has 0 spiro atoms. The van der Waals surface area contributed by atoms with E-state index in [1.807, 2.05) is 50.2 Å². The first-order chi connectivity index (χ1) is 16.0. The van der Waals surface area contributed by atoms with Crippen molar-refractivity contribution >= 4 is 17.5 Å². The van der Waals surface area contributed by atoms with Crippen LogP contribution in [0.25, 0.3) is 11.4 Å². The van der Waals surface area contributed by atoms with E-state index in [2.05, 4.69) is 31.0 Å². The van der Waals surface area contributed by atoms with Crippen molar-refractivity contribution in [3.63, 3.8) is 0 Å². The zero-order valence-corrected chi connectivity index (χ0v) is 18.3. The molecule has 2 aromatic carbocycles. The van der Waals surface area contributed by atoms with Crippen molar-refractivity contribution in [2.24, 2.45) is 0 Å². The van der Waals surface area contributed by atoms with Crippen LogP contribution in [0.3, 0.4) is 0 Å². The number of aromatic nitrogens is 5. The van der Waals surface area contributed by atoms with Crippen LogP contribution in [0.15, 0.2) is 73.1 Å². The summed E-state index contributed by atoms with van der Waals surface area (Å²) in [6.07, 6.45) is 3.14. The van der Waals surface area contributed by atoms with E-state index in [1.54, 1.807) is 36.7 Å². The maximum Gasteiger partial charge on any atom is 0.255 e. The van der Waals surface area contributed by atoms with E-state index in [0.29, 0.717) is 17.1 Å². The van der Waals surface area contributed by atoms with Crippen molar-refractivity contribution in [1.29, 1.82) is 0 Å². The number of nitrogens with one attached hydrogen (secondary N) is 2. The van der Waals surface area contributed by atoms with Gasteiger partial charge in [-0.3, -0.25) is 14.6 Å². The molecule has 33 heavy (non-hydrogen) atoms. The highest BCUT2D eigenvalue weighted by Gasteiger charge is 2.13. The van der Waals surface area contributed by atoms with Gasteiger partial charge in [-0.25, -0.2) is 0 Å². The molecule has 0 aliphatic carbocycles. The van der Waals surface area contributed by atoms with Gasteiger partial charge in [0.25, 0.3) is 5.91 Å². The van der Waals surface area contributed by atoms with Gasteiger partial charge in [-0.1, -0.05) is 42.0 Å². The number of carbonyl (C=O) groups is 2. The number of nitrogens with zero attached hydrogens (tertiary/aromatic N) is 5. The van der Waals surface area contributed by atoms with Gasteiger partial charge in [-0.2, -0.15) is 4.80 Å². The maximum absolute atomic E-state index is 12.5. The molecule has 2 N–H and O–H groups in total. The van der Waals surface area contributed by atoms with Crippen molar-refractivity contribution in [3.8, 4) is 11.4 Å². The highest BCUT2D eigenvalue weighted by molar-refractivity contribution is 6.04. The van der Waals surface area contributed by atoms with Crippen molar-refractivity contribution in [2.45, 2.75) is 26.4 Å². The highest BCUT2D eigenvalue weighted by atomic mass is 16.2. The first-order valence-corrected chi connectivity index (χ1v) is 10.4. The minimum atomic E-state index is -0.234. The molecule has 4 aromatic rings. The van der Waals surface area contributed by atoms with Gasteiger partial charge in [0.15, 0.2) is 0 Å². The summed E-state index contributed by atoms with van der Waals surface area (Å²) in [6.45, 7) is 3.85.